The van der Waals surface area contributed by atoms with Gasteiger partial charge < -0.3 is 0 Å². The maximum absolute atomic E-state index is 6.04. The Labute approximate surface area is 138 Å². The summed E-state index contributed by atoms with van der Waals surface area (Å²) in [6, 6.07) is 9.46. The summed E-state index contributed by atoms with van der Waals surface area (Å²) in [6.07, 6.45) is 3.54. The van der Waals surface area contributed by atoms with Crippen molar-refractivity contribution >= 4 is 61.9 Å². The van der Waals surface area contributed by atoms with Crippen LogP contribution in [0.15, 0.2) is 57.0 Å². The molecule has 6 heteroatoms. The smallest absolute Gasteiger partial charge is 0.103 e. The molecule has 0 spiro atoms. The number of benzene rings is 1. The van der Waals surface area contributed by atoms with Crippen LogP contribution >= 0.6 is 50.9 Å². The van der Waals surface area contributed by atoms with Crippen LogP contribution in [0.25, 0.3) is 11.0 Å². The molecule has 0 unspecified atom stereocenters. The molecular weight excluding hydrogens is 379 g/mol. The zero-order valence-electron chi connectivity index (χ0n) is 9.98. The molecule has 1 aromatic carbocycles. The van der Waals surface area contributed by atoms with Gasteiger partial charge in [-0.3, -0.25) is 9.97 Å². The Kier molecular flexibility index (Phi) is 4.17. The first-order chi connectivity index (χ1) is 9.63. The van der Waals surface area contributed by atoms with Crippen molar-refractivity contribution in [3.05, 3.63) is 57.2 Å². The molecule has 0 atom stereocenters. The number of fused-ring (bicyclic) bond motifs is 1. The predicted molar refractivity (Wildman–Crippen MR) is 87.8 cm³/mol. The van der Waals surface area contributed by atoms with E-state index in [-0.39, 0.29) is 0 Å². The molecule has 0 aliphatic heterocycles. The standard InChI is InChI=1S/C14H7BrCl2N2S/c15-8-5-12-14(19-7-8)13(3-4-18-12)20-9-1-2-10(16)11(17)6-9/h1-7H. The second-order valence-corrected chi connectivity index (χ2v) is 6.85. The van der Waals surface area contributed by atoms with E-state index in [1.54, 1.807) is 30.2 Å². The molecule has 3 rings (SSSR count). The van der Waals surface area contributed by atoms with Crippen LogP contribution in [0.2, 0.25) is 10.0 Å². The van der Waals surface area contributed by atoms with Crippen molar-refractivity contribution in [2.24, 2.45) is 0 Å². The Bertz CT molecular complexity index is 795. The van der Waals surface area contributed by atoms with E-state index in [4.69, 9.17) is 23.2 Å². The van der Waals surface area contributed by atoms with E-state index in [1.807, 2.05) is 24.3 Å². The number of halogens is 3. The van der Waals surface area contributed by atoms with Gasteiger partial charge in [-0.2, -0.15) is 0 Å². The van der Waals surface area contributed by atoms with Gasteiger partial charge in [0.15, 0.2) is 0 Å². The maximum Gasteiger partial charge on any atom is 0.103 e. The summed E-state index contributed by atoms with van der Waals surface area (Å²) in [5.41, 5.74) is 1.72. The Balaban J connectivity index is 2.04. The number of pyridine rings is 2. The number of hydrogen-bond acceptors (Lipinski definition) is 3. The molecule has 0 N–H and O–H groups in total. The normalized spacial score (nSPS) is 10.9. The Morgan fingerprint density at radius 3 is 2.65 bits per heavy atom. The molecule has 0 aliphatic carbocycles. The van der Waals surface area contributed by atoms with E-state index in [2.05, 4.69) is 25.9 Å². The minimum absolute atomic E-state index is 0.547. The zero-order valence-corrected chi connectivity index (χ0v) is 13.9. The van der Waals surface area contributed by atoms with Crippen molar-refractivity contribution in [1.82, 2.24) is 9.97 Å². The molecule has 0 saturated heterocycles. The number of aromatic nitrogens is 2. The van der Waals surface area contributed by atoms with Crippen molar-refractivity contribution in [2.75, 3.05) is 0 Å². The molecule has 2 aromatic heterocycles. The monoisotopic (exact) mass is 384 g/mol. The Morgan fingerprint density at radius 2 is 1.85 bits per heavy atom. The Morgan fingerprint density at radius 1 is 1.00 bits per heavy atom. The molecule has 0 fully saturated rings. The van der Waals surface area contributed by atoms with Crippen LogP contribution in [0.3, 0.4) is 0 Å². The van der Waals surface area contributed by atoms with Gasteiger partial charge in [-0.25, -0.2) is 0 Å². The first-order valence-electron chi connectivity index (χ1n) is 5.66. The average Bonchev–Trinajstić information content (AvgIpc) is 2.43. The molecule has 0 aliphatic rings. The number of nitrogens with zero attached hydrogens (tertiary/aromatic N) is 2. The molecule has 0 radical (unpaired) electrons. The van der Waals surface area contributed by atoms with Gasteiger partial charge in [-0.1, -0.05) is 35.0 Å². The van der Waals surface area contributed by atoms with Crippen LogP contribution in [0.4, 0.5) is 0 Å². The Hall–Kier alpha value is -0.810. The molecule has 0 saturated carbocycles. The lowest BCUT2D eigenvalue weighted by Gasteiger charge is -2.06. The highest BCUT2D eigenvalue weighted by Gasteiger charge is 2.07. The van der Waals surface area contributed by atoms with Crippen LogP contribution in [0.1, 0.15) is 0 Å². The number of hydrogen-bond donors (Lipinski definition) is 0. The minimum Gasteiger partial charge on any atom is -0.254 e. The zero-order chi connectivity index (χ0) is 14.1. The molecule has 20 heavy (non-hydrogen) atoms. The molecular formula is C14H7BrCl2N2S. The summed E-state index contributed by atoms with van der Waals surface area (Å²) >= 11 is 17.0. The van der Waals surface area contributed by atoms with Gasteiger partial charge in [-0.15, -0.1) is 0 Å². The topological polar surface area (TPSA) is 25.8 Å². The first kappa shape index (κ1) is 14.1. The highest BCUT2D eigenvalue weighted by molar-refractivity contribution is 9.10. The van der Waals surface area contributed by atoms with Crippen molar-refractivity contribution in [2.45, 2.75) is 9.79 Å². The van der Waals surface area contributed by atoms with Gasteiger partial charge in [0, 0.05) is 26.7 Å². The third kappa shape index (κ3) is 2.93. The van der Waals surface area contributed by atoms with Crippen molar-refractivity contribution in [3.8, 4) is 0 Å². The van der Waals surface area contributed by atoms with Gasteiger partial charge in [0.2, 0.25) is 0 Å². The van der Waals surface area contributed by atoms with Gasteiger partial charge in [0.05, 0.1) is 15.6 Å². The van der Waals surface area contributed by atoms with Gasteiger partial charge in [0.1, 0.15) is 5.52 Å². The lowest BCUT2D eigenvalue weighted by atomic mass is 10.3. The quantitative estimate of drug-likeness (QED) is 0.553. The fourth-order valence-electron chi connectivity index (χ4n) is 1.73. The predicted octanol–water partition coefficient (Wildman–Crippen LogP) is 5.85. The van der Waals surface area contributed by atoms with E-state index in [0.717, 1.165) is 25.3 Å². The SMILES string of the molecule is Clc1ccc(Sc2ccnc3cc(Br)cnc23)cc1Cl. The lowest BCUT2D eigenvalue weighted by molar-refractivity contribution is 1.26. The molecule has 2 heterocycles. The van der Waals surface area contributed by atoms with Crippen LogP contribution in [-0.4, -0.2) is 9.97 Å². The van der Waals surface area contributed by atoms with E-state index in [0.29, 0.717) is 10.0 Å². The molecule has 0 amide bonds. The fraction of sp³-hybridized carbons (Fsp3) is 0. The molecule has 3 aromatic rings. The van der Waals surface area contributed by atoms with Crippen molar-refractivity contribution in [3.63, 3.8) is 0 Å². The lowest BCUT2D eigenvalue weighted by Crippen LogP contribution is -1.86. The minimum atomic E-state index is 0.547. The van der Waals surface area contributed by atoms with Gasteiger partial charge in [0.25, 0.3) is 0 Å². The van der Waals surface area contributed by atoms with Crippen LogP contribution < -0.4 is 0 Å². The summed E-state index contributed by atoms with van der Waals surface area (Å²) in [6.45, 7) is 0. The third-order valence-corrected chi connectivity index (χ3v) is 4.84. The fourth-order valence-corrected chi connectivity index (χ4v) is 3.36. The van der Waals surface area contributed by atoms with Crippen LogP contribution in [0, 0.1) is 0 Å². The number of rotatable bonds is 2. The van der Waals surface area contributed by atoms with Crippen molar-refractivity contribution in [1.29, 1.82) is 0 Å². The third-order valence-electron chi connectivity index (χ3n) is 2.63. The second kappa shape index (κ2) is 5.90. The summed E-state index contributed by atoms with van der Waals surface area (Å²) in [7, 11) is 0. The summed E-state index contributed by atoms with van der Waals surface area (Å²) in [5, 5.41) is 1.10. The van der Waals surface area contributed by atoms with E-state index >= 15 is 0 Å². The highest BCUT2D eigenvalue weighted by Crippen LogP contribution is 2.35. The maximum atomic E-state index is 6.04. The van der Waals surface area contributed by atoms with Crippen LogP contribution in [-0.2, 0) is 0 Å². The van der Waals surface area contributed by atoms with E-state index in [9.17, 15) is 0 Å². The largest absolute Gasteiger partial charge is 0.254 e. The molecule has 0 bridgehead atoms. The highest BCUT2D eigenvalue weighted by atomic mass is 79.9. The second-order valence-electron chi connectivity index (χ2n) is 4.01. The van der Waals surface area contributed by atoms with Crippen molar-refractivity contribution < 1.29 is 0 Å². The molecule has 100 valence electrons. The molecule has 2 nitrogen and oxygen atoms in total. The van der Waals surface area contributed by atoms with E-state index < -0.39 is 0 Å². The van der Waals surface area contributed by atoms with Gasteiger partial charge >= 0.3 is 0 Å². The summed E-state index contributed by atoms with van der Waals surface area (Å²) in [5.74, 6) is 0. The first-order valence-corrected chi connectivity index (χ1v) is 8.03. The van der Waals surface area contributed by atoms with Gasteiger partial charge in [-0.05, 0) is 46.3 Å². The average molecular weight is 386 g/mol. The summed E-state index contributed by atoms with van der Waals surface area (Å²) < 4.78 is 0.911. The van der Waals surface area contributed by atoms with Crippen LogP contribution in [0.5, 0.6) is 0 Å². The summed E-state index contributed by atoms with van der Waals surface area (Å²) in [4.78, 5) is 10.8. The van der Waals surface area contributed by atoms with E-state index in [1.165, 1.54) is 0 Å².